The summed E-state index contributed by atoms with van der Waals surface area (Å²) in [5.41, 5.74) is 0. The van der Waals surface area contributed by atoms with Crippen molar-refractivity contribution in [1.29, 1.82) is 0 Å². The van der Waals surface area contributed by atoms with Gasteiger partial charge in [-0.1, -0.05) is 0 Å². The Morgan fingerprint density at radius 2 is 0.571 bits per heavy atom. The van der Waals surface area contributed by atoms with Gasteiger partial charge in [0.25, 0.3) is 0 Å². The van der Waals surface area contributed by atoms with E-state index in [9.17, 15) is 0 Å². The summed E-state index contributed by atoms with van der Waals surface area (Å²) in [5, 5.41) is 44.2. The summed E-state index contributed by atoms with van der Waals surface area (Å²) in [6, 6.07) is 0. The van der Waals surface area contributed by atoms with Gasteiger partial charge in [-0.05, 0) is 0 Å². The van der Waals surface area contributed by atoms with Gasteiger partial charge in [-0.2, -0.15) is 0 Å². The Morgan fingerprint density at radius 1 is 0.571 bits per heavy atom. The van der Waals surface area contributed by atoms with Gasteiger partial charge in [0.05, 0.1) is 15.3 Å². The minimum absolute atomic E-state index is 0. The second-order valence-electron chi connectivity index (χ2n) is 0.671. The van der Waals surface area contributed by atoms with Crippen LogP contribution in [-0.2, 0) is 17.1 Å². The van der Waals surface area contributed by atoms with Gasteiger partial charge in [-0.3, -0.25) is 0 Å². The van der Waals surface area contributed by atoms with Gasteiger partial charge in [0.2, 0.25) is 0 Å². The maximum atomic E-state index is 8.25. The Balaban J connectivity index is -0.0000000270. The fourth-order valence-corrected chi connectivity index (χ4v) is 0. The SMILES string of the molecule is O=[N+]([O-])[O-].O=[N+]([O-])[O-].O=[N+]([O-])[O-].[Cu+2].[K+]. The first kappa shape index (κ1) is 29.2. The molecule has 0 aromatic heterocycles. The third kappa shape index (κ3) is 22800. The van der Waals surface area contributed by atoms with Crippen molar-refractivity contribution in [2.75, 3.05) is 0 Å². The third-order valence-electron chi connectivity index (χ3n) is 0. The quantitative estimate of drug-likeness (QED) is 0.244. The molecule has 0 aliphatic rings. The minimum Gasteiger partial charge on any atom is -0.356 e. The van der Waals surface area contributed by atoms with Gasteiger partial charge in [0, 0.05) is 0 Å². The molecule has 0 atom stereocenters. The Kier molecular flexibility index (Phi) is 48.0. The van der Waals surface area contributed by atoms with Crippen LogP contribution in [-0.4, -0.2) is 15.3 Å². The van der Waals surface area contributed by atoms with Gasteiger partial charge in [0.15, 0.2) is 0 Å². The predicted octanol–water partition coefficient (Wildman–Crippen LogP) is -3.72. The molecule has 81 valence electrons. The molecule has 0 aromatic carbocycles. The molecule has 0 saturated carbocycles. The zero-order chi connectivity index (χ0) is 10.7. The zero-order valence-corrected chi connectivity index (χ0v) is 10.4. The summed E-state index contributed by atoms with van der Waals surface area (Å²) in [7, 11) is 0. The van der Waals surface area contributed by atoms with E-state index in [0.29, 0.717) is 0 Å². The molecule has 0 amide bonds. The number of rotatable bonds is 0. The fraction of sp³-hybridized carbons (Fsp3) is 0. The zero-order valence-electron chi connectivity index (χ0n) is 6.32. The summed E-state index contributed by atoms with van der Waals surface area (Å²) in [6.07, 6.45) is 0. The van der Waals surface area contributed by atoms with E-state index < -0.39 is 15.3 Å². The van der Waals surface area contributed by atoms with Gasteiger partial charge >= 0.3 is 68.5 Å². The van der Waals surface area contributed by atoms with Gasteiger partial charge in [0.1, 0.15) is 0 Å². The molecule has 12 nitrogen and oxygen atoms in total. The van der Waals surface area contributed by atoms with E-state index >= 15 is 0 Å². The molecule has 0 N–H and O–H groups in total. The molecule has 1 radical (unpaired) electrons. The molecule has 14 heavy (non-hydrogen) atoms. The Morgan fingerprint density at radius 3 is 0.571 bits per heavy atom. The van der Waals surface area contributed by atoms with Crippen LogP contribution in [0, 0.1) is 46.0 Å². The number of hydrogen-bond acceptors (Lipinski definition) is 9. The Labute approximate surface area is 128 Å². The number of nitrogens with zero attached hydrogens (tertiary/aromatic N) is 3. The van der Waals surface area contributed by atoms with E-state index in [0.717, 1.165) is 0 Å². The van der Waals surface area contributed by atoms with Crippen LogP contribution in [0.4, 0.5) is 0 Å². The van der Waals surface area contributed by atoms with Crippen molar-refractivity contribution in [3.63, 3.8) is 0 Å². The molecule has 0 saturated heterocycles. The van der Waals surface area contributed by atoms with Gasteiger partial charge in [-0.15, -0.1) is 0 Å². The van der Waals surface area contributed by atoms with E-state index in [1.54, 1.807) is 0 Å². The molecule has 14 heteroatoms. The Hall–Kier alpha value is -0.244. The summed E-state index contributed by atoms with van der Waals surface area (Å²) in [6.45, 7) is 0. The van der Waals surface area contributed by atoms with E-state index in [1.807, 2.05) is 0 Å². The molecule has 0 heterocycles. The van der Waals surface area contributed by atoms with Crippen LogP contribution in [0.5, 0.6) is 0 Å². The first-order chi connectivity index (χ1) is 5.20. The third-order valence-corrected chi connectivity index (χ3v) is 0. The fourth-order valence-electron chi connectivity index (χ4n) is 0. The van der Waals surface area contributed by atoms with Crippen molar-refractivity contribution in [1.82, 2.24) is 0 Å². The topological polar surface area (TPSA) is 199 Å². The summed E-state index contributed by atoms with van der Waals surface area (Å²) < 4.78 is 0. The molecule has 0 aromatic rings. The van der Waals surface area contributed by atoms with Crippen molar-refractivity contribution in [2.45, 2.75) is 0 Å². The van der Waals surface area contributed by atoms with Crippen molar-refractivity contribution in [3.05, 3.63) is 46.0 Å². The predicted molar refractivity (Wildman–Crippen MR) is 31.1 cm³/mol. The average molecular weight is 289 g/mol. The van der Waals surface area contributed by atoms with Gasteiger partial charge < -0.3 is 46.0 Å². The second-order valence-corrected chi connectivity index (χ2v) is 0.671. The summed E-state index contributed by atoms with van der Waals surface area (Å²) in [5.74, 6) is 0. The van der Waals surface area contributed by atoms with E-state index in [2.05, 4.69) is 0 Å². The van der Waals surface area contributed by atoms with Crippen LogP contribution in [0.1, 0.15) is 0 Å². The first-order valence-corrected chi connectivity index (χ1v) is 1.64. The van der Waals surface area contributed by atoms with E-state index in [-0.39, 0.29) is 68.5 Å². The Bertz CT molecular complexity index is 118. The number of hydrogen-bond donors (Lipinski definition) is 0. The molecule has 0 rings (SSSR count). The van der Waals surface area contributed by atoms with Crippen molar-refractivity contribution < 1.29 is 83.7 Å². The smallest absolute Gasteiger partial charge is 0.356 e. The molecular weight excluding hydrogens is 289 g/mol. The van der Waals surface area contributed by atoms with Crippen molar-refractivity contribution in [2.24, 2.45) is 0 Å². The molecule has 0 aliphatic carbocycles. The van der Waals surface area contributed by atoms with Gasteiger partial charge in [-0.25, -0.2) is 0 Å². The van der Waals surface area contributed by atoms with Crippen LogP contribution >= 0.6 is 0 Å². The summed E-state index contributed by atoms with van der Waals surface area (Å²) in [4.78, 5) is 24.8. The van der Waals surface area contributed by atoms with E-state index in [1.165, 1.54) is 0 Å². The first-order valence-electron chi connectivity index (χ1n) is 1.64. The van der Waals surface area contributed by atoms with E-state index in [4.69, 9.17) is 46.0 Å². The average Bonchev–Trinajstić information content (AvgIpc) is 1.54. The molecule has 0 aliphatic heterocycles. The maximum Gasteiger partial charge on any atom is 2.00 e. The minimum atomic E-state index is -1.75. The molecule has 0 bridgehead atoms. The monoisotopic (exact) mass is 288 g/mol. The van der Waals surface area contributed by atoms with Crippen LogP contribution in [0.2, 0.25) is 0 Å². The van der Waals surface area contributed by atoms with Crippen LogP contribution < -0.4 is 51.4 Å². The molecule has 0 spiro atoms. The van der Waals surface area contributed by atoms with Crippen LogP contribution in [0.15, 0.2) is 0 Å². The van der Waals surface area contributed by atoms with Crippen molar-refractivity contribution in [3.8, 4) is 0 Å². The maximum absolute atomic E-state index is 8.25. The summed E-state index contributed by atoms with van der Waals surface area (Å²) >= 11 is 0. The van der Waals surface area contributed by atoms with Crippen LogP contribution in [0.25, 0.3) is 0 Å². The largest absolute Gasteiger partial charge is 2.00 e. The molecule has 0 unspecified atom stereocenters. The van der Waals surface area contributed by atoms with Crippen molar-refractivity contribution >= 4 is 0 Å². The molecular formula is CuKN3O9. The molecule has 0 fully saturated rings. The standard InChI is InChI=1S/Cu.K.3NO3/c;;3*2-1(3)4/q+2;+1;3*-1. The second kappa shape index (κ2) is 23.0. The van der Waals surface area contributed by atoms with Crippen LogP contribution in [0.3, 0.4) is 0 Å². The normalized spacial score (nSPS) is 5.14.